The minimum atomic E-state index is 1.17. The van der Waals surface area contributed by atoms with Gasteiger partial charge in [0.1, 0.15) is 0 Å². The lowest BCUT2D eigenvalue weighted by atomic mass is 9.90. The van der Waals surface area contributed by atoms with Gasteiger partial charge in [0.2, 0.25) is 0 Å². The second kappa shape index (κ2) is 4.62. The largest absolute Gasteiger partial charge is 0.355 e. The van der Waals surface area contributed by atoms with Gasteiger partial charge in [0.15, 0.2) is 0 Å². The maximum absolute atomic E-state index is 3.53. The lowest BCUT2D eigenvalue weighted by molar-refractivity contribution is 0.687. The molecule has 2 aromatic rings. The molecular weight excluding hydrogens is 206 g/mol. The molecule has 0 saturated heterocycles. The summed E-state index contributed by atoms with van der Waals surface area (Å²) in [5.74, 6) is 0. The van der Waals surface area contributed by atoms with E-state index in [2.05, 4.69) is 47.8 Å². The summed E-state index contributed by atoms with van der Waals surface area (Å²) in [6.07, 6.45) is 5.10. The Hall–Kier alpha value is -1.76. The number of nitrogens with one attached hydrogen (secondary N) is 1. The van der Waals surface area contributed by atoms with Crippen molar-refractivity contribution in [3.05, 3.63) is 59.7 Å². The van der Waals surface area contributed by atoms with E-state index in [1.165, 1.54) is 48.2 Å². The summed E-state index contributed by atoms with van der Waals surface area (Å²) in [5.41, 5.74) is 5.50. The summed E-state index contributed by atoms with van der Waals surface area (Å²) in [6, 6.07) is 17.0. The number of anilines is 2. The molecule has 2 aromatic carbocycles. The minimum Gasteiger partial charge on any atom is -0.355 e. The second-order valence-electron chi connectivity index (χ2n) is 4.64. The third-order valence-corrected chi connectivity index (χ3v) is 3.45. The Balaban J connectivity index is 1.93. The Bertz CT molecular complexity index is 502. The molecule has 1 heteroatoms. The highest BCUT2D eigenvalue weighted by molar-refractivity contribution is 5.65. The van der Waals surface area contributed by atoms with Crippen LogP contribution in [0.2, 0.25) is 0 Å². The molecule has 0 aromatic heterocycles. The molecule has 1 N–H and O–H groups in total. The highest BCUT2D eigenvalue weighted by Crippen LogP contribution is 2.29. The van der Waals surface area contributed by atoms with E-state index in [-0.39, 0.29) is 0 Å². The van der Waals surface area contributed by atoms with Gasteiger partial charge >= 0.3 is 0 Å². The first kappa shape index (κ1) is 10.4. The van der Waals surface area contributed by atoms with Gasteiger partial charge in [-0.15, -0.1) is 0 Å². The quantitative estimate of drug-likeness (QED) is 0.800. The first-order valence-corrected chi connectivity index (χ1v) is 6.36. The third-order valence-electron chi connectivity index (χ3n) is 3.45. The van der Waals surface area contributed by atoms with Crippen molar-refractivity contribution in [2.24, 2.45) is 0 Å². The summed E-state index contributed by atoms with van der Waals surface area (Å²) >= 11 is 0. The predicted molar refractivity (Wildman–Crippen MR) is 72.8 cm³/mol. The van der Waals surface area contributed by atoms with E-state index in [1.807, 2.05) is 6.07 Å². The van der Waals surface area contributed by atoms with Crippen molar-refractivity contribution in [3.8, 4) is 0 Å². The molecule has 0 aliphatic heterocycles. The standard InChI is InChI=1S/C16H17N/c1-2-9-14(10-3-1)17-16-12-6-8-13-7-4-5-11-15(13)16/h1-3,6,8-10,12,17H,4-5,7,11H2. The molecule has 0 unspecified atom stereocenters. The van der Waals surface area contributed by atoms with E-state index >= 15 is 0 Å². The van der Waals surface area contributed by atoms with E-state index < -0.39 is 0 Å². The van der Waals surface area contributed by atoms with E-state index in [9.17, 15) is 0 Å². The van der Waals surface area contributed by atoms with Crippen LogP contribution in [-0.2, 0) is 12.8 Å². The van der Waals surface area contributed by atoms with Gasteiger partial charge in [-0.3, -0.25) is 0 Å². The van der Waals surface area contributed by atoms with E-state index in [0.717, 1.165) is 0 Å². The molecule has 1 aliphatic carbocycles. The number of hydrogen-bond donors (Lipinski definition) is 1. The molecule has 0 bridgehead atoms. The van der Waals surface area contributed by atoms with Gasteiger partial charge in [0.25, 0.3) is 0 Å². The van der Waals surface area contributed by atoms with Crippen LogP contribution in [0.25, 0.3) is 0 Å². The van der Waals surface area contributed by atoms with Crippen molar-refractivity contribution in [1.29, 1.82) is 0 Å². The molecule has 0 fully saturated rings. The van der Waals surface area contributed by atoms with Crippen molar-refractivity contribution in [2.45, 2.75) is 25.7 Å². The van der Waals surface area contributed by atoms with Crippen LogP contribution >= 0.6 is 0 Å². The van der Waals surface area contributed by atoms with Crippen molar-refractivity contribution in [3.63, 3.8) is 0 Å². The second-order valence-corrected chi connectivity index (χ2v) is 4.64. The van der Waals surface area contributed by atoms with Crippen molar-refractivity contribution < 1.29 is 0 Å². The van der Waals surface area contributed by atoms with E-state index in [0.29, 0.717) is 0 Å². The van der Waals surface area contributed by atoms with Gasteiger partial charge in [-0.25, -0.2) is 0 Å². The van der Waals surface area contributed by atoms with Gasteiger partial charge in [-0.1, -0.05) is 30.3 Å². The summed E-state index contributed by atoms with van der Waals surface area (Å²) in [7, 11) is 0. The van der Waals surface area contributed by atoms with Gasteiger partial charge in [-0.05, 0) is 55.0 Å². The number of fused-ring (bicyclic) bond motifs is 1. The smallest absolute Gasteiger partial charge is 0.0419 e. The van der Waals surface area contributed by atoms with Crippen LogP contribution < -0.4 is 5.32 Å². The fraction of sp³-hybridized carbons (Fsp3) is 0.250. The molecule has 0 amide bonds. The fourth-order valence-corrected chi connectivity index (χ4v) is 2.58. The zero-order valence-electron chi connectivity index (χ0n) is 9.95. The third kappa shape index (κ3) is 2.19. The topological polar surface area (TPSA) is 12.0 Å². The van der Waals surface area contributed by atoms with Crippen LogP contribution in [0.5, 0.6) is 0 Å². The monoisotopic (exact) mass is 223 g/mol. The molecule has 0 atom stereocenters. The fourth-order valence-electron chi connectivity index (χ4n) is 2.58. The molecule has 1 nitrogen and oxygen atoms in total. The molecule has 0 spiro atoms. The van der Waals surface area contributed by atoms with E-state index in [4.69, 9.17) is 0 Å². The number of benzene rings is 2. The number of rotatable bonds is 2. The Morgan fingerprint density at radius 1 is 0.765 bits per heavy atom. The first-order valence-electron chi connectivity index (χ1n) is 6.36. The molecule has 0 heterocycles. The Morgan fingerprint density at radius 2 is 1.59 bits per heavy atom. The zero-order valence-corrected chi connectivity index (χ0v) is 9.95. The highest BCUT2D eigenvalue weighted by atomic mass is 14.9. The van der Waals surface area contributed by atoms with Crippen LogP contribution in [0, 0.1) is 0 Å². The minimum absolute atomic E-state index is 1.17. The van der Waals surface area contributed by atoms with Crippen LogP contribution in [-0.4, -0.2) is 0 Å². The van der Waals surface area contributed by atoms with Gasteiger partial charge in [0.05, 0.1) is 0 Å². The average Bonchev–Trinajstić information content (AvgIpc) is 2.40. The number of hydrogen-bond acceptors (Lipinski definition) is 1. The molecule has 17 heavy (non-hydrogen) atoms. The van der Waals surface area contributed by atoms with Crippen molar-refractivity contribution in [1.82, 2.24) is 0 Å². The molecule has 86 valence electrons. The summed E-state index contributed by atoms with van der Waals surface area (Å²) in [5, 5.41) is 3.53. The van der Waals surface area contributed by atoms with E-state index in [1.54, 1.807) is 0 Å². The zero-order chi connectivity index (χ0) is 11.5. The predicted octanol–water partition coefficient (Wildman–Crippen LogP) is 4.31. The summed E-state index contributed by atoms with van der Waals surface area (Å²) in [6.45, 7) is 0. The lowest BCUT2D eigenvalue weighted by Gasteiger charge is -2.20. The van der Waals surface area contributed by atoms with Gasteiger partial charge < -0.3 is 5.32 Å². The van der Waals surface area contributed by atoms with Crippen LogP contribution in [0.15, 0.2) is 48.5 Å². The van der Waals surface area contributed by atoms with Crippen LogP contribution in [0.3, 0.4) is 0 Å². The first-order chi connectivity index (χ1) is 8.43. The molecular formula is C16H17N. The summed E-state index contributed by atoms with van der Waals surface area (Å²) < 4.78 is 0. The van der Waals surface area contributed by atoms with Crippen molar-refractivity contribution in [2.75, 3.05) is 5.32 Å². The van der Waals surface area contributed by atoms with Gasteiger partial charge in [0, 0.05) is 11.4 Å². The normalized spacial score (nSPS) is 14.1. The van der Waals surface area contributed by atoms with Crippen molar-refractivity contribution >= 4 is 11.4 Å². The number of aryl methyl sites for hydroxylation is 1. The molecule has 0 radical (unpaired) electrons. The Morgan fingerprint density at radius 3 is 2.47 bits per heavy atom. The Labute approximate surface area is 102 Å². The maximum atomic E-state index is 3.53. The Kier molecular flexibility index (Phi) is 2.83. The van der Waals surface area contributed by atoms with Crippen LogP contribution in [0.4, 0.5) is 11.4 Å². The summed E-state index contributed by atoms with van der Waals surface area (Å²) in [4.78, 5) is 0. The molecule has 1 aliphatic rings. The van der Waals surface area contributed by atoms with Gasteiger partial charge in [-0.2, -0.15) is 0 Å². The van der Waals surface area contributed by atoms with Crippen LogP contribution in [0.1, 0.15) is 24.0 Å². The highest BCUT2D eigenvalue weighted by Gasteiger charge is 2.12. The lowest BCUT2D eigenvalue weighted by Crippen LogP contribution is -2.05. The number of para-hydroxylation sites is 1. The maximum Gasteiger partial charge on any atom is 0.0419 e. The SMILES string of the molecule is c1ccc(Nc2cccc3c2CCCC3)cc1. The molecule has 3 rings (SSSR count). The molecule has 0 saturated carbocycles. The average molecular weight is 223 g/mol.